The van der Waals surface area contributed by atoms with Crippen molar-refractivity contribution in [2.45, 2.75) is 38.5 Å². The van der Waals surface area contributed by atoms with Gasteiger partial charge in [0, 0.05) is 49.0 Å². The Labute approximate surface area is 354 Å². The number of H-pyrrole nitrogens is 1. The third-order valence-electron chi connectivity index (χ3n) is 11.6. The number of nitrogens with zero attached hydrogens (tertiary/aromatic N) is 3. The van der Waals surface area contributed by atoms with Gasteiger partial charge in [-0.25, -0.2) is 14.4 Å². The van der Waals surface area contributed by atoms with E-state index in [1.165, 1.54) is 18.2 Å². The molecule has 3 aliphatic heterocycles. The van der Waals surface area contributed by atoms with Crippen molar-refractivity contribution in [1.29, 1.82) is 0 Å². The zero-order chi connectivity index (χ0) is 42.3. The second kappa shape index (κ2) is 18.5. The molecule has 9 rings (SSSR count). The maximum Gasteiger partial charge on any atom is 0.338 e. The molecule has 0 saturated carbocycles. The third kappa shape index (κ3) is 9.55. The number of aromatic amines is 1. The summed E-state index contributed by atoms with van der Waals surface area (Å²) >= 11 is 0. The molecule has 0 spiro atoms. The number of urea groups is 1. The molecule has 0 radical (unpaired) electrons. The molecule has 61 heavy (non-hydrogen) atoms. The second-order valence-corrected chi connectivity index (χ2v) is 15.6. The number of fused-ring (bicyclic) bond motifs is 4. The van der Waals surface area contributed by atoms with Crippen LogP contribution in [0.25, 0.3) is 10.9 Å². The zero-order valence-electron chi connectivity index (χ0n) is 33.9. The molecule has 3 saturated heterocycles. The third-order valence-corrected chi connectivity index (χ3v) is 11.6. The number of hydrogen-bond donors (Lipinski definition) is 2. The van der Waals surface area contributed by atoms with Crippen molar-refractivity contribution in [2.75, 3.05) is 38.5 Å². The van der Waals surface area contributed by atoms with Gasteiger partial charge in [0.2, 0.25) is 0 Å². The molecular formula is C49H47N5O7. The van der Waals surface area contributed by atoms with Crippen LogP contribution in [0.2, 0.25) is 0 Å². The summed E-state index contributed by atoms with van der Waals surface area (Å²) in [6, 6.07) is 36.2. The number of anilines is 1. The van der Waals surface area contributed by atoms with Crippen molar-refractivity contribution in [2.24, 2.45) is 5.92 Å². The van der Waals surface area contributed by atoms with E-state index in [9.17, 15) is 24.0 Å². The fraction of sp³-hybridized carbons (Fsp3) is 0.245. The van der Waals surface area contributed by atoms with Gasteiger partial charge in [0.15, 0.2) is 0 Å². The zero-order valence-corrected chi connectivity index (χ0v) is 33.9. The molecule has 6 aromatic rings. The lowest BCUT2D eigenvalue weighted by Gasteiger charge is -2.48. The largest absolute Gasteiger partial charge is 0.457 e. The summed E-state index contributed by atoms with van der Waals surface area (Å²) < 4.78 is 11.2. The van der Waals surface area contributed by atoms with E-state index in [2.05, 4.69) is 15.2 Å². The highest BCUT2D eigenvalue weighted by Gasteiger charge is 2.39. The molecule has 4 amide bonds. The molecule has 5 aromatic carbocycles. The smallest absolute Gasteiger partial charge is 0.338 e. The molecule has 12 heteroatoms. The molecule has 310 valence electrons. The van der Waals surface area contributed by atoms with Gasteiger partial charge in [0.05, 0.1) is 22.3 Å². The lowest BCUT2D eigenvalue weighted by atomic mass is 9.83. The van der Waals surface area contributed by atoms with Gasteiger partial charge in [-0.15, -0.1) is 0 Å². The summed E-state index contributed by atoms with van der Waals surface area (Å²) in [6.07, 6.45) is 4.08. The number of aromatic nitrogens is 1. The van der Waals surface area contributed by atoms with Crippen molar-refractivity contribution in [1.82, 2.24) is 19.7 Å². The fourth-order valence-corrected chi connectivity index (χ4v) is 8.23. The maximum absolute atomic E-state index is 14.9. The van der Waals surface area contributed by atoms with Gasteiger partial charge < -0.3 is 29.6 Å². The van der Waals surface area contributed by atoms with Gasteiger partial charge in [-0.3, -0.25) is 14.5 Å². The molecule has 3 aliphatic rings. The van der Waals surface area contributed by atoms with Crippen LogP contribution in [0.3, 0.4) is 0 Å². The van der Waals surface area contributed by atoms with Crippen molar-refractivity contribution in [3.8, 4) is 0 Å². The summed E-state index contributed by atoms with van der Waals surface area (Å²) in [7, 11) is 1.79. The van der Waals surface area contributed by atoms with E-state index in [4.69, 9.17) is 9.47 Å². The van der Waals surface area contributed by atoms with Crippen molar-refractivity contribution in [3.63, 3.8) is 0 Å². The minimum absolute atomic E-state index is 0.00462. The molecule has 0 aliphatic carbocycles. The van der Waals surface area contributed by atoms with E-state index >= 15 is 0 Å². The first-order chi connectivity index (χ1) is 29.7. The Morgan fingerprint density at radius 1 is 0.689 bits per heavy atom. The summed E-state index contributed by atoms with van der Waals surface area (Å²) in [5, 5.41) is 3.49. The quantitative estimate of drug-likeness (QED) is 0.112. The van der Waals surface area contributed by atoms with E-state index in [1.54, 1.807) is 30.3 Å². The van der Waals surface area contributed by atoms with Crippen LogP contribution >= 0.6 is 0 Å². The molecule has 3 fully saturated rings. The average Bonchev–Trinajstić information content (AvgIpc) is 3.78. The first-order valence-corrected chi connectivity index (χ1v) is 20.5. The molecule has 12 nitrogen and oxygen atoms in total. The first-order valence-electron chi connectivity index (χ1n) is 20.5. The van der Waals surface area contributed by atoms with Crippen LogP contribution in [0.1, 0.15) is 71.0 Å². The summed E-state index contributed by atoms with van der Waals surface area (Å²) in [6.45, 7) is 2.71. The van der Waals surface area contributed by atoms with E-state index in [0.717, 1.165) is 54.1 Å². The maximum atomic E-state index is 14.9. The number of likely N-dealkylation sites (N-methyl/N-ethyl adjacent to an activating group) is 1. The number of benzene rings is 5. The highest BCUT2D eigenvalue weighted by atomic mass is 16.5. The van der Waals surface area contributed by atoms with Crippen LogP contribution in [-0.2, 0) is 29.1 Å². The van der Waals surface area contributed by atoms with Crippen LogP contribution in [0.5, 0.6) is 0 Å². The van der Waals surface area contributed by atoms with Crippen LogP contribution in [-0.4, -0.2) is 88.7 Å². The Morgan fingerprint density at radius 3 is 1.80 bits per heavy atom. The SMILES string of the molecule is CN(C(=O)c1cc2[nH]ccc2cc1C(=O)N(CCc1ccccc1)C(=O)Nc1cc(C(=O)OCc2ccccc2)cc(C(=O)OCc2ccccc2)c1)C1CN2CCC1CC2. The minimum atomic E-state index is -0.822. The Morgan fingerprint density at radius 2 is 1.25 bits per heavy atom. The number of piperidine rings is 3. The molecule has 1 atom stereocenters. The highest BCUT2D eigenvalue weighted by molar-refractivity contribution is 6.15. The lowest BCUT2D eigenvalue weighted by molar-refractivity contribution is 0.0161. The number of carbonyl (C=O) groups is 5. The van der Waals surface area contributed by atoms with Gasteiger partial charge in [-0.1, -0.05) is 91.0 Å². The Bertz CT molecular complexity index is 2460. The minimum Gasteiger partial charge on any atom is -0.457 e. The van der Waals surface area contributed by atoms with Crippen LogP contribution in [0, 0.1) is 5.92 Å². The predicted octanol–water partition coefficient (Wildman–Crippen LogP) is 7.97. The van der Waals surface area contributed by atoms with Gasteiger partial charge in [0.25, 0.3) is 11.8 Å². The topological polar surface area (TPSA) is 141 Å². The van der Waals surface area contributed by atoms with Crippen LogP contribution in [0.4, 0.5) is 10.5 Å². The number of rotatable bonds is 13. The van der Waals surface area contributed by atoms with Crippen LogP contribution in [0.15, 0.2) is 134 Å². The molecule has 1 aromatic heterocycles. The number of carbonyl (C=O) groups excluding carboxylic acids is 5. The number of hydrogen-bond acceptors (Lipinski definition) is 8. The fourth-order valence-electron chi connectivity index (χ4n) is 8.23. The van der Waals surface area contributed by atoms with Gasteiger partial charge in [0.1, 0.15) is 13.2 Å². The normalized spacial score (nSPS) is 16.7. The molecule has 2 bridgehead atoms. The van der Waals surface area contributed by atoms with Gasteiger partial charge >= 0.3 is 18.0 Å². The van der Waals surface area contributed by atoms with Gasteiger partial charge in [-0.05, 0) is 91.4 Å². The summed E-state index contributed by atoms with van der Waals surface area (Å²) in [5.74, 6) is -2.08. The molecular weight excluding hydrogens is 771 g/mol. The van der Waals surface area contributed by atoms with E-state index in [1.807, 2.05) is 97.1 Å². The number of nitrogens with one attached hydrogen (secondary N) is 2. The van der Waals surface area contributed by atoms with E-state index < -0.39 is 23.9 Å². The average molecular weight is 818 g/mol. The molecule has 1 unspecified atom stereocenters. The Kier molecular flexibility index (Phi) is 12.3. The summed E-state index contributed by atoms with van der Waals surface area (Å²) in [4.78, 5) is 79.3. The van der Waals surface area contributed by atoms with Crippen molar-refractivity contribution >= 4 is 46.4 Å². The Hall–Kier alpha value is -7.05. The Balaban J connectivity index is 1.11. The number of ether oxygens (including phenoxy) is 2. The van der Waals surface area contributed by atoms with Gasteiger partial charge in [-0.2, -0.15) is 0 Å². The predicted molar refractivity (Wildman–Crippen MR) is 231 cm³/mol. The van der Waals surface area contributed by atoms with Crippen molar-refractivity contribution < 1.29 is 33.4 Å². The van der Waals surface area contributed by atoms with Crippen LogP contribution < -0.4 is 5.32 Å². The molecule has 2 N–H and O–H groups in total. The summed E-state index contributed by atoms with van der Waals surface area (Å²) in [5.41, 5.74) is 3.40. The van der Waals surface area contributed by atoms with E-state index in [0.29, 0.717) is 23.2 Å². The lowest BCUT2D eigenvalue weighted by Crippen LogP contribution is -2.57. The van der Waals surface area contributed by atoms with Crippen molar-refractivity contribution in [3.05, 3.63) is 173 Å². The number of amides is 4. The monoisotopic (exact) mass is 817 g/mol. The number of esters is 2. The first kappa shape index (κ1) is 40.7. The highest BCUT2D eigenvalue weighted by Crippen LogP contribution is 2.32. The molecule has 4 heterocycles. The standard InChI is InChI=1S/C49H47N5O7/c1-52(44-30-53-22-19-36(44)20-23-53)45(55)42-29-43-37(17-21-50-43)28-41(42)46(56)54(24-18-33-11-5-2-6-12-33)49(59)51-40-26-38(47(57)60-31-34-13-7-3-8-14-34)25-39(27-40)48(58)61-32-35-15-9-4-10-16-35/h2-17,21,25-29,36,44,50H,18-20,22-24,30-32H2,1H3,(H,51,59). The second-order valence-electron chi connectivity index (χ2n) is 15.6. The van der Waals surface area contributed by atoms with E-state index in [-0.39, 0.29) is 59.6 Å². The number of imide groups is 1.